The van der Waals surface area contributed by atoms with Gasteiger partial charge in [0.15, 0.2) is 6.61 Å². The van der Waals surface area contributed by atoms with E-state index in [2.05, 4.69) is 15.2 Å². The molecule has 1 aromatic heterocycles. The van der Waals surface area contributed by atoms with Gasteiger partial charge in [-0.2, -0.15) is 18.3 Å². The van der Waals surface area contributed by atoms with Crippen molar-refractivity contribution in [1.82, 2.24) is 15.1 Å². The lowest BCUT2D eigenvalue weighted by molar-refractivity contribution is -0.153. The largest absolute Gasteiger partial charge is 0.484 e. The summed E-state index contributed by atoms with van der Waals surface area (Å²) in [5.41, 5.74) is 2.04. The van der Waals surface area contributed by atoms with Crippen molar-refractivity contribution in [3.05, 3.63) is 82.1 Å². The van der Waals surface area contributed by atoms with Crippen LogP contribution in [0, 0.1) is 0 Å². The molecule has 0 bridgehead atoms. The molecule has 0 saturated carbocycles. The van der Waals surface area contributed by atoms with E-state index >= 15 is 0 Å². The van der Waals surface area contributed by atoms with Gasteiger partial charge in [-0.05, 0) is 41.5 Å². The number of aromatic nitrogens is 2. The van der Waals surface area contributed by atoms with Crippen LogP contribution in [0.15, 0.2) is 65.5 Å². The minimum Gasteiger partial charge on any atom is -0.484 e. The number of benzene rings is 2. The number of hydrogen-bond donors (Lipinski definition) is 2. The van der Waals surface area contributed by atoms with E-state index in [0.29, 0.717) is 11.3 Å². The molecule has 0 aliphatic carbocycles. The molecular weight excluding hydrogens is 427 g/mol. The molecule has 0 aliphatic rings. The number of ether oxygens (including phenoxy) is 1. The lowest BCUT2D eigenvalue weighted by atomic mass is 10.1. The summed E-state index contributed by atoms with van der Waals surface area (Å²) >= 11 is 0. The maximum absolute atomic E-state index is 12.2. The average Bonchev–Trinajstić information content (AvgIpc) is 2.78. The molecule has 2 N–H and O–H groups in total. The third-order valence-corrected chi connectivity index (χ3v) is 4.41. The van der Waals surface area contributed by atoms with Crippen molar-refractivity contribution in [2.75, 3.05) is 6.61 Å². The Bertz CT molecular complexity index is 1110. The maximum atomic E-state index is 12.2. The molecular formula is C22H20F3N3O4. The minimum atomic E-state index is -4.43. The van der Waals surface area contributed by atoms with E-state index in [1.165, 1.54) is 36.4 Å². The van der Waals surface area contributed by atoms with Gasteiger partial charge in [-0.15, -0.1) is 0 Å². The van der Waals surface area contributed by atoms with Gasteiger partial charge in [-0.25, -0.2) is 4.68 Å². The molecule has 10 heteroatoms. The number of carbonyl (C=O) groups excluding carboxylic acids is 1. The zero-order chi connectivity index (χ0) is 23.1. The predicted octanol–water partition coefficient (Wildman–Crippen LogP) is 2.66. The van der Waals surface area contributed by atoms with E-state index in [1.54, 1.807) is 24.3 Å². The van der Waals surface area contributed by atoms with Gasteiger partial charge in [0, 0.05) is 18.2 Å². The lowest BCUT2D eigenvalue weighted by Crippen LogP contribution is -2.33. The Balaban J connectivity index is 1.63. The highest BCUT2D eigenvalue weighted by Crippen LogP contribution is 2.22. The van der Waals surface area contributed by atoms with Gasteiger partial charge in [0.1, 0.15) is 12.3 Å². The maximum Gasteiger partial charge on any atom is 0.422 e. The molecule has 168 valence electrons. The van der Waals surface area contributed by atoms with Gasteiger partial charge in [-0.3, -0.25) is 9.59 Å². The molecule has 0 fully saturated rings. The van der Waals surface area contributed by atoms with E-state index < -0.39 is 24.2 Å². The monoisotopic (exact) mass is 447 g/mol. The van der Waals surface area contributed by atoms with Gasteiger partial charge >= 0.3 is 6.18 Å². The Morgan fingerprint density at radius 1 is 1.00 bits per heavy atom. The standard InChI is InChI=1S/C22H20F3N3O4/c23-22(24,25)14-32-18-7-5-17(6-8-18)19-9-10-21(31)28(27-19)12-20(30)26-11-15-1-3-16(13-29)4-2-15/h1-10,29H,11-14H2,(H,26,30). The van der Waals surface area contributed by atoms with Crippen LogP contribution in [0.25, 0.3) is 11.3 Å². The second kappa shape index (κ2) is 10.1. The Morgan fingerprint density at radius 2 is 1.66 bits per heavy atom. The number of nitrogens with zero attached hydrogens (tertiary/aromatic N) is 2. The number of amides is 1. The summed E-state index contributed by atoms with van der Waals surface area (Å²) in [5, 5.41) is 15.9. The number of aliphatic hydroxyl groups is 1. The van der Waals surface area contributed by atoms with Crippen LogP contribution in [0.4, 0.5) is 13.2 Å². The first-order chi connectivity index (χ1) is 15.2. The number of alkyl halides is 3. The molecule has 3 aromatic rings. The fourth-order valence-electron chi connectivity index (χ4n) is 2.76. The van der Waals surface area contributed by atoms with Gasteiger partial charge in [-0.1, -0.05) is 24.3 Å². The highest BCUT2D eigenvalue weighted by molar-refractivity contribution is 5.75. The van der Waals surface area contributed by atoms with Crippen molar-refractivity contribution in [3.8, 4) is 17.0 Å². The molecule has 2 aromatic carbocycles. The number of hydrogen-bond acceptors (Lipinski definition) is 5. The smallest absolute Gasteiger partial charge is 0.422 e. The number of halogens is 3. The minimum absolute atomic E-state index is 0.0470. The second-order valence-electron chi connectivity index (χ2n) is 6.89. The quantitative estimate of drug-likeness (QED) is 0.554. The van der Waals surface area contributed by atoms with E-state index in [0.717, 1.165) is 15.8 Å². The number of carbonyl (C=O) groups is 1. The van der Waals surface area contributed by atoms with Crippen LogP contribution in [0.3, 0.4) is 0 Å². The zero-order valence-electron chi connectivity index (χ0n) is 16.8. The van der Waals surface area contributed by atoms with Crippen LogP contribution >= 0.6 is 0 Å². The Kier molecular flexibility index (Phi) is 7.26. The van der Waals surface area contributed by atoms with Crippen molar-refractivity contribution in [2.24, 2.45) is 0 Å². The SMILES string of the molecule is O=C(Cn1nc(-c2ccc(OCC(F)(F)F)cc2)ccc1=O)NCc1ccc(CO)cc1. The Morgan fingerprint density at radius 3 is 2.28 bits per heavy atom. The van der Waals surface area contributed by atoms with Crippen molar-refractivity contribution in [1.29, 1.82) is 0 Å². The highest BCUT2D eigenvalue weighted by Gasteiger charge is 2.28. The van der Waals surface area contributed by atoms with Gasteiger partial charge < -0.3 is 15.2 Å². The molecule has 1 amide bonds. The number of rotatable bonds is 8. The topological polar surface area (TPSA) is 93.5 Å². The summed E-state index contributed by atoms with van der Waals surface area (Å²) in [5.74, 6) is -0.371. The first kappa shape index (κ1) is 23.0. The fourth-order valence-corrected chi connectivity index (χ4v) is 2.76. The van der Waals surface area contributed by atoms with E-state index in [4.69, 9.17) is 5.11 Å². The third-order valence-electron chi connectivity index (χ3n) is 4.41. The molecule has 0 aliphatic heterocycles. The van der Waals surface area contributed by atoms with Crippen LogP contribution in [0.2, 0.25) is 0 Å². The lowest BCUT2D eigenvalue weighted by Gasteiger charge is -2.10. The first-order valence-electron chi connectivity index (χ1n) is 9.57. The second-order valence-corrected chi connectivity index (χ2v) is 6.89. The van der Waals surface area contributed by atoms with Crippen LogP contribution in [-0.2, 0) is 24.5 Å². The molecule has 7 nitrogen and oxygen atoms in total. The molecule has 0 atom stereocenters. The first-order valence-corrected chi connectivity index (χ1v) is 9.57. The molecule has 3 rings (SSSR count). The Labute approximate surface area is 181 Å². The fraction of sp³-hybridized carbons (Fsp3) is 0.227. The molecule has 0 saturated heterocycles. The van der Waals surface area contributed by atoms with Crippen molar-refractivity contribution in [3.63, 3.8) is 0 Å². The normalized spacial score (nSPS) is 11.2. The van der Waals surface area contributed by atoms with E-state index in [1.807, 2.05) is 0 Å². The van der Waals surface area contributed by atoms with Crippen LogP contribution in [-0.4, -0.2) is 33.6 Å². The van der Waals surface area contributed by atoms with Crippen LogP contribution in [0.1, 0.15) is 11.1 Å². The summed E-state index contributed by atoms with van der Waals surface area (Å²) in [6.45, 7) is -1.51. The van der Waals surface area contributed by atoms with Crippen molar-refractivity contribution < 1.29 is 27.8 Å². The third kappa shape index (κ3) is 6.67. The molecule has 32 heavy (non-hydrogen) atoms. The van der Waals surface area contributed by atoms with Crippen LogP contribution in [0.5, 0.6) is 5.75 Å². The van der Waals surface area contributed by atoms with Crippen LogP contribution < -0.4 is 15.6 Å². The van der Waals surface area contributed by atoms with Gasteiger partial charge in [0.25, 0.3) is 5.56 Å². The summed E-state index contributed by atoms with van der Waals surface area (Å²) in [6.07, 6.45) is -4.43. The summed E-state index contributed by atoms with van der Waals surface area (Å²) in [4.78, 5) is 24.3. The van der Waals surface area contributed by atoms with Gasteiger partial charge in [0.2, 0.25) is 5.91 Å². The van der Waals surface area contributed by atoms with E-state index in [9.17, 15) is 22.8 Å². The highest BCUT2D eigenvalue weighted by atomic mass is 19.4. The molecule has 0 unspecified atom stereocenters. The zero-order valence-corrected chi connectivity index (χ0v) is 16.8. The van der Waals surface area contributed by atoms with E-state index in [-0.39, 0.29) is 25.4 Å². The van der Waals surface area contributed by atoms with Gasteiger partial charge in [0.05, 0.1) is 12.3 Å². The van der Waals surface area contributed by atoms with Crippen molar-refractivity contribution >= 4 is 5.91 Å². The molecule has 0 radical (unpaired) electrons. The number of nitrogens with one attached hydrogen (secondary N) is 1. The molecule has 0 spiro atoms. The summed E-state index contributed by atoms with van der Waals surface area (Å²) in [6, 6.07) is 15.5. The van der Waals surface area contributed by atoms with Crippen molar-refractivity contribution in [2.45, 2.75) is 25.9 Å². The average molecular weight is 447 g/mol. The molecule has 1 heterocycles. The predicted molar refractivity (Wildman–Crippen MR) is 110 cm³/mol. The number of aliphatic hydroxyl groups excluding tert-OH is 1. The summed E-state index contributed by atoms with van der Waals surface area (Å²) in [7, 11) is 0. The Hall–Kier alpha value is -3.66. The summed E-state index contributed by atoms with van der Waals surface area (Å²) < 4.78 is 42.4.